The van der Waals surface area contributed by atoms with E-state index in [2.05, 4.69) is 5.32 Å². The van der Waals surface area contributed by atoms with Crippen molar-refractivity contribution in [2.75, 3.05) is 14.2 Å². The quantitative estimate of drug-likeness (QED) is 0.815. The molecule has 140 valence electrons. The molecule has 5 heteroatoms. The molecule has 0 aromatic heterocycles. The number of hydrogen-bond donors (Lipinski definition) is 1. The normalized spacial score (nSPS) is 12.8. The zero-order valence-electron chi connectivity index (χ0n) is 16.3. The number of aryl methyl sites for hydroxylation is 2. The summed E-state index contributed by atoms with van der Waals surface area (Å²) in [5.41, 5.74) is 3.01. The van der Waals surface area contributed by atoms with Crippen LogP contribution in [0.4, 0.5) is 0 Å². The number of amides is 1. The number of carbonyl (C=O) groups excluding carboxylic acids is 1. The lowest BCUT2D eigenvalue weighted by atomic mass is 10.1. The van der Waals surface area contributed by atoms with E-state index in [1.165, 1.54) is 0 Å². The molecule has 0 spiro atoms. The van der Waals surface area contributed by atoms with Crippen molar-refractivity contribution in [2.24, 2.45) is 0 Å². The summed E-state index contributed by atoms with van der Waals surface area (Å²) in [6, 6.07) is 11.1. The van der Waals surface area contributed by atoms with E-state index in [0.29, 0.717) is 17.2 Å². The maximum atomic E-state index is 12.6. The summed E-state index contributed by atoms with van der Waals surface area (Å²) in [5.74, 6) is 1.93. The van der Waals surface area contributed by atoms with Crippen LogP contribution in [0.3, 0.4) is 0 Å². The smallest absolute Gasteiger partial charge is 0.261 e. The van der Waals surface area contributed by atoms with Crippen LogP contribution in [-0.4, -0.2) is 26.2 Å². The first-order valence-corrected chi connectivity index (χ1v) is 8.62. The third-order valence-electron chi connectivity index (χ3n) is 4.27. The number of ether oxygens (including phenoxy) is 3. The molecule has 2 atom stereocenters. The molecule has 0 bridgehead atoms. The molecule has 0 aliphatic heterocycles. The lowest BCUT2D eigenvalue weighted by Crippen LogP contribution is -2.38. The largest absolute Gasteiger partial charge is 0.497 e. The Bertz CT molecular complexity index is 773. The van der Waals surface area contributed by atoms with Crippen LogP contribution in [0.2, 0.25) is 0 Å². The average molecular weight is 357 g/mol. The highest BCUT2D eigenvalue weighted by Gasteiger charge is 2.20. The van der Waals surface area contributed by atoms with Crippen molar-refractivity contribution in [2.45, 2.75) is 39.8 Å². The Kier molecular flexibility index (Phi) is 6.50. The molecule has 0 saturated heterocycles. The topological polar surface area (TPSA) is 56.8 Å². The monoisotopic (exact) mass is 357 g/mol. The third-order valence-corrected chi connectivity index (χ3v) is 4.27. The summed E-state index contributed by atoms with van der Waals surface area (Å²) in [6.07, 6.45) is -0.615. The van der Waals surface area contributed by atoms with Crippen molar-refractivity contribution in [1.29, 1.82) is 0 Å². The fraction of sp³-hybridized carbons (Fsp3) is 0.381. The van der Waals surface area contributed by atoms with Gasteiger partial charge in [-0.1, -0.05) is 17.7 Å². The first kappa shape index (κ1) is 19.6. The van der Waals surface area contributed by atoms with E-state index in [1.807, 2.05) is 57.2 Å². The lowest BCUT2D eigenvalue weighted by Gasteiger charge is -2.21. The third kappa shape index (κ3) is 4.69. The van der Waals surface area contributed by atoms with Gasteiger partial charge in [0, 0.05) is 5.56 Å². The number of hydrogen-bond acceptors (Lipinski definition) is 4. The number of nitrogens with one attached hydrogen (secondary N) is 1. The summed E-state index contributed by atoms with van der Waals surface area (Å²) < 4.78 is 16.5. The van der Waals surface area contributed by atoms with E-state index >= 15 is 0 Å². The highest BCUT2D eigenvalue weighted by Crippen LogP contribution is 2.29. The number of carbonyl (C=O) groups is 1. The van der Waals surface area contributed by atoms with Gasteiger partial charge < -0.3 is 19.5 Å². The number of benzene rings is 2. The minimum absolute atomic E-state index is 0.192. The van der Waals surface area contributed by atoms with Crippen LogP contribution in [0.15, 0.2) is 36.4 Å². The zero-order chi connectivity index (χ0) is 19.3. The Labute approximate surface area is 155 Å². The molecule has 0 fully saturated rings. The van der Waals surface area contributed by atoms with Gasteiger partial charge in [-0.25, -0.2) is 0 Å². The van der Waals surface area contributed by atoms with Gasteiger partial charge in [0.05, 0.1) is 20.3 Å². The van der Waals surface area contributed by atoms with Gasteiger partial charge in [0.25, 0.3) is 5.91 Å². The summed E-state index contributed by atoms with van der Waals surface area (Å²) >= 11 is 0. The molecule has 0 saturated carbocycles. The second-order valence-corrected chi connectivity index (χ2v) is 6.37. The lowest BCUT2D eigenvalue weighted by molar-refractivity contribution is -0.127. The predicted octanol–water partition coefficient (Wildman–Crippen LogP) is 3.97. The molecular weight excluding hydrogens is 330 g/mol. The Balaban J connectivity index is 2.08. The van der Waals surface area contributed by atoms with Crippen LogP contribution in [0.25, 0.3) is 0 Å². The van der Waals surface area contributed by atoms with Crippen molar-refractivity contribution in [3.05, 3.63) is 53.1 Å². The van der Waals surface area contributed by atoms with Gasteiger partial charge in [-0.2, -0.15) is 0 Å². The predicted molar refractivity (Wildman–Crippen MR) is 102 cm³/mol. The van der Waals surface area contributed by atoms with Crippen LogP contribution < -0.4 is 19.5 Å². The number of rotatable bonds is 7. The minimum Gasteiger partial charge on any atom is -0.497 e. The molecule has 5 nitrogen and oxygen atoms in total. The Morgan fingerprint density at radius 3 is 2.27 bits per heavy atom. The highest BCUT2D eigenvalue weighted by molar-refractivity contribution is 5.81. The molecule has 2 aromatic rings. The molecule has 0 radical (unpaired) electrons. The van der Waals surface area contributed by atoms with Gasteiger partial charge in [0.15, 0.2) is 6.10 Å². The molecule has 0 heterocycles. The summed E-state index contributed by atoms with van der Waals surface area (Å²) in [5, 5.41) is 2.97. The molecule has 2 rings (SSSR count). The van der Waals surface area contributed by atoms with Gasteiger partial charge in [0.2, 0.25) is 0 Å². The van der Waals surface area contributed by atoms with Crippen LogP contribution in [-0.2, 0) is 4.79 Å². The maximum absolute atomic E-state index is 12.6. The van der Waals surface area contributed by atoms with Crippen LogP contribution in [0.1, 0.15) is 36.6 Å². The molecule has 0 aliphatic carbocycles. The van der Waals surface area contributed by atoms with Crippen LogP contribution >= 0.6 is 0 Å². The molecule has 1 amide bonds. The van der Waals surface area contributed by atoms with Crippen LogP contribution in [0.5, 0.6) is 17.2 Å². The zero-order valence-corrected chi connectivity index (χ0v) is 16.3. The van der Waals surface area contributed by atoms with E-state index in [0.717, 1.165) is 16.7 Å². The molecule has 0 aliphatic rings. The second-order valence-electron chi connectivity index (χ2n) is 6.37. The Morgan fingerprint density at radius 2 is 1.65 bits per heavy atom. The SMILES string of the molecule is COc1ccc(OC)c([C@H](C)NC(=O)[C@@H](C)Oc2ccc(C)cc2C)c1. The Morgan fingerprint density at radius 1 is 0.962 bits per heavy atom. The van der Waals surface area contributed by atoms with Crippen molar-refractivity contribution < 1.29 is 19.0 Å². The van der Waals surface area contributed by atoms with E-state index in [1.54, 1.807) is 21.1 Å². The van der Waals surface area contributed by atoms with Gasteiger partial charge in [0.1, 0.15) is 17.2 Å². The van der Waals surface area contributed by atoms with Gasteiger partial charge in [-0.3, -0.25) is 4.79 Å². The fourth-order valence-electron chi connectivity index (χ4n) is 2.76. The summed E-state index contributed by atoms with van der Waals surface area (Å²) in [4.78, 5) is 12.6. The van der Waals surface area contributed by atoms with Gasteiger partial charge in [-0.15, -0.1) is 0 Å². The molecule has 2 aromatic carbocycles. The maximum Gasteiger partial charge on any atom is 0.261 e. The standard InChI is InChI=1S/C21H27NO4/c1-13-7-9-19(14(2)11-13)26-16(4)21(23)22-15(3)18-12-17(24-5)8-10-20(18)25-6/h7-12,15-16H,1-6H3,(H,22,23)/t15-,16+/m0/s1. The Hall–Kier alpha value is -2.69. The van der Waals surface area contributed by atoms with Crippen molar-refractivity contribution >= 4 is 5.91 Å². The van der Waals surface area contributed by atoms with Gasteiger partial charge >= 0.3 is 0 Å². The van der Waals surface area contributed by atoms with E-state index < -0.39 is 6.10 Å². The fourth-order valence-corrected chi connectivity index (χ4v) is 2.76. The first-order valence-electron chi connectivity index (χ1n) is 8.62. The summed E-state index contributed by atoms with van der Waals surface area (Å²) in [6.45, 7) is 7.63. The average Bonchev–Trinajstić information content (AvgIpc) is 2.63. The van der Waals surface area contributed by atoms with Crippen molar-refractivity contribution in [3.63, 3.8) is 0 Å². The molecule has 26 heavy (non-hydrogen) atoms. The van der Waals surface area contributed by atoms with Gasteiger partial charge in [-0.05, 0) is 57.5 Å². The van der Waals surface area contributed by atoms with Crippen molar-refractivity contribution in [1.82, 2.24) is 5.32 Å². The number of methoxy groups -OCH3 is 2. The molecular formula is C21H27NO4. The van der Waals surface area contributed by atoms with E-state index in [-0.39, 0.29) is 11.9 Å². The van der Waals surface area contributed by atoms with Crippen molar-refractivity contribution in [3.8, 4) is 17.2 Å². The molecule has 1 N–H and O–H groups in total. The minimum atomic E-state index is -0.615. The highest BCUT2D eigenvalue weighted by atomic mass is 16.5. The van der Waals surface area contributed by atoms with Crippen LogP contribution in [0, 0.1) is 13.8 Å². The first-order chi connectivity index (χ1) is 12.3. The molecule has 0 unspecified atom stereocenters. The second kappa shape index (κ2) is 8.61. The summed E-state index contributed by atoms with van der Waals surface area (Å²) in [7, 11) is 3.21. The van der Waals surface area contributed by atoms with E-state index in [9.17, 15) is 4.79 Å². The van der Waals surface area contributed by atoms with E-state index in [4.69, 9.17) is 14.2 Å².